The van der Waals surface area contributed by atoms with Crippen molar-refractivity contribution in [2.24, 2.45) is 11.8 Å². The van der Waals surface area contributed by atoms with Crippen LogP contribution in [0.1, 0.15) is 41.0 Å². The summed E-state index contributed by atoms with van der Waals surface area (Å²) in [5.41, 5.74) is -1.03. The van der Waals surface area contributed by atoms with E-state index in [1.54, 1.807) is 6.92 Å². The standard InChI is InChI=1S/C11H22O3/c1-8(2)6-11(5,10(12)13)14-7-9(3)4/h8-9H,6-7H2,1-5H3,(H,12,13). The number of aliphatic carboxylic acids is 1. The van der Waals surface area contributed by atoms with E-state index in [9.17, 15) is 4.79 Å². The molecule has 14 heavy (non-hydrogen) atoms. The fraction of sp³-hybridized carbons (Fsp3) is 0.909. The zero-order valence-corrected chi connectivity index (χ0v) is 9.83. The summed E-state index contributed by atoms with van der Waals surface area (Å²) in [5.74, 6) is -0.184. The Kier molecular flexibility index (Phi) is 5.13. The summed E-state index contributed by atoms with van der Waals surface area (Å²) >= 11 is 0. The van der Waals surface area contributed by atoms with Crippen LogP contribution in [0.4, 0.5) is 0 Å². The Morgan fingerprint density at radius 1 is 1.29 bits per heavy atom. The van der Waals surface area contributed by atoms with E-state index >= 15 is 0 Å². The number of ether oxygens (including phenoxy) is 1. The van der Waals surface area contributed by atoms with Gasteiger partial charge in [-0.3, -0.25) is 0 Å². The molecule has 0 amide bonds. The van der Waals surface area contributed by atoms with Crippen molar-refractivity contribution in [1.29, 1.82) is 0 Å². The van der Waals surface area contributed by atoms with Crippen LogP contribution in [-0.4, -0.2) is 23.3 Å². The first-order chi connectivity index (χ1) is 6.28. The second-order valence-corrected chi connectivity index (χ2v) is 4.84. The Balaban J connectivity index is 4.32. The maximum Gasteiger partial charge on any atom is 0.335 e. The summed E-state index contributed by atoms with van der Waals surface area (Å²) in [5, 5.41) is 9.07. The monoisotopic (exact) mass is 202 g/mol. The number of rotatable bonds is 6. The predicted molar refractivity (Wildman–Crippen MR) is 56.3 cm³/mol. The average molecular weight is 202 g/mol. The molecule has 1 unspecified atom stereocenters. The molecule has 0 aromatic carbocycles. The first kappa shape index (κ1) is 13.4. The highest BCUT2D eigenvalue weighted by Crippen LogP contribution is 2.22. The van der Waals surface area contributed by atoms with Crippen LogP contribution < -0.4 is 0 Å². The van der Waals surface area contributed by atoms with Gasteiger partial charge in [0.25, 0.3) is 0 Å². The lowest BCUT2D eigenvalue weighted by Crippen LogP contribution is -2.40. The van der Waals surface area contributed by atoms with Crippen LogP contribution in [-0.2, 0) is 9.53 Å². The maximum absolute atomic E-state index is 11.0. The third-order valence-electron chi connectivity index (χ3n) is 1.99. The lowest BCUT2D eigenvalue weighted by Gasteiger charge is -2.27. The van der Waals surface area contributed by atoms with Crippen LogP contribution in [0, 0.1) is 11.8 Å². The third kappa shape index (κ3) is 4.61. The van der Waals surface area contributed by atoms with Gasteiger partial charge in [0.15, 0.2) is 5.60 Å². The van der Waals surface area contributed by atoms with Crippen LogP contribution >= 0.6 is 0 Å². The highest BCUT2D eigenvalue weighted by molar-refractivity contribution is 5.76. The number of hydrogen-bond acceptors (Lipinski definition) is 2. The van der Waals surface area contributed by atoms with Crippen LogP contribution in [0.2, 0.25) is 0 Å². The molecule has 3 heteroatoms. The van der Waals surface area contributed by atoms with Gasteiger partial charge in [-0.05, 0) is 25.2 Å². The average Bonchev–Trinajstić information content (AvgIpc) is 1.99. The maximum atomic E-state index is 11.0. The highest BCUT2D eigenvalue weighted by atomic mass is 16.5. The van der Waals surface area contributed by atoms with Gasteiger partial charge in [-0.1, -0.05) is 27.7 Å². The molecule has 3 nitrogen and oxygen atoms in total. The largest absolute Gasteiger partial charge is 0.479 e. The van der Waals surface area contributed by atoms with E-state index in [0.717, 1.165) is 0 Å². The number of hydrogen-bond donors (Lipinski definition) is 1. The van der Waals surface area contributed by atoms with Crippen molar-refractivity contribution in [3.05, 3.63) is 0 Å². The van der Waals surface area contributed by atoms with Crippen molar-refractivity contribution in [3.8, 4) is 0 Å². The molecule has 0 heterocycles. The van der Waals surface area contributed by atoms with Gasteiger partial charge in [0.2, 0.25) is 0 Å². The van der Waals surface area contributed by atoms with Crippen LogP contribution in [0.25, 0.3) is 0 Å². The fourth-order valence-electron chi connectivity index (χ4n) is 1.34. The van der Waals surface area contributed by atoms with Crippen LogP contribution in [0.15, 0.2) is 0 Å². The molecule has 84 valence electrons. The molecule has 0 aliphatic rings. The van der Waals surface area contributed by atoms with Gasteiger partial charge in [0, 0.05) is 0 Å². The van der Waals surface area contributed by atoms with Crippen LogP contribution in [0.3, 0.4) is 0 Å². The first-order valence-corrected chi connectivity index (χ1v) is 5.15. The Morgan fingerprint density at radius 3 is 2.07 bits per heavy atom. The molecule has 0 aliphatic carbocycles. The lowest BCUT2D eigenvalue weighted by atomic mass is 9.94. The van der Waals surface area contributed by atoms with E-state index < -0.39 is 11.6 Å². The van der Waals surface area contributed by atoms with Gasteiger partial charge in [-0.25, -0.2) is 4.79 Å². The van der Waals surface area contributed by atoms with Crippen molar-refractivity contribution < 1.29 is 14.6 Å². The Morgan fingerprint density at radius 2 is 1.79 bits per heavy atom. The summed E-state index contributed by atoms with van der Waals surface area (Å²) in [4.78, 5) is 11.0. The highest BCUT2D eigenvalue weighted by Gasteiger charge is 2.34. The molecule has 0 saturated carbocycles. The third-order valence-corrected chi connectivity index (χ3v) is 1.99. The zero-order valence-electron chi connectivity index (χ0n) is 9.83. The quantitative estimate of drug-likeness (QED) is 0.720. The molecule has 0 aliphatic heterocycles. The Hall–Kier alpha value is -0.570. The van der Waals surface area contributed by atoms with Crippen molar-refractivity contribution in [2.75, 3.05) is 6.61 Å². The normalized spacial score (nSPS) is 15.9. The van der Waals surface area contributed by atoms with E-state index in [-0.39, 0.29) is 0 Å². The van der Waals surface area contributed by atoms with Crippen molar-refractivity contribution in [1.82, 2.24) is 0 Å². The van der Waals surface area contributed by atoms with Gasteiger partial charge in [-0.2, -0.15) is 0 Å². The van der Waals surface area contributed by atoms with E-state index in [1.165, 1.54) is 0 Å². The van der Waals surface area contributed by atoms with Crippen molar-refractivity contribution >= 4 is 5.97 Å². The molecular weight excluding hydrogens is 180 g/mol. The summed E-state index contributed by atoms with van der Waals surface area (Å²) in [7, 11) is 0. The minimum absolute atomic E-state index is 0.322. The molecule has 0 aromatic rings. The Labute approximate surface area is 86.5 Å². The molecule has 0 spiro atoms. The summed E-state index contributed by atoms with van der Waals surface area (Å²) in [6.45, 7) is 10.2. The molecular formula is C11H22O3. The van der Waals surface area contributed by atoms with Gasteiger partial charge < -0.3 is 9.84 Å². The Bertz CT molecular complexity index is 187. The predicted octanol–water partition coefficient (Wildman–Crippen LogP) is 2.55. The van der Waals surface area contributed by atoms with Crippen molar-refractivity contribution in [3.63, 3.8) is 0 Å². The summed E-state index contributed by atoms with van der Waals surface area (Å²) in [6.07, 6.45) is 0.551. The van der Waals surface area contributed by atoms with Gasteiger partial charge in [0.1, 0.15) is 0 Å². The van der Waals surface area contributed by atoms with E-state index in [2.05, 4.69) is 0 Å². The van der Waals surface area contributed by atoms with Gasteiger partial charge in [0.05, 0.1) is 6.61 Å². The van der Waals surface area contributed by atoms with Gasteiger partial charge in [-0.15, -0.1) is 0 Å². The SMILES string of the molecule is CC(C)COC(C)(CC(C)C)C(=O)O. The number of carbonyl (C=O) groups is 1. The van der Waals surface area contributed by atoms with Gasteiger partial charge >= 0.3 is 5.97 Å². The second-order valence-electron chi connectivity index (χ2n) is 4.84. The minimum Gasteiger partial charge on any atom is -0.479 e. The summed E-state index contributed by atoms with van der Waals surface area (Å²) in [6, 6.07) is 0. The zero-order chi connectivity index (χ0) is 11.4. The first-order valence-electron chi connectivity index (χ1n) is 5.15. The number of carboxylic acids is 1. The molecule has 0 rings (SSSR count). The minimum atomic E-state index is -1.03. The molecule has 0 radical (unpaired) electrons. The van der Waals surface area contributed by atoms with Crippen LogP contribution in [0.5, 0.6) is 0 Å². The summed E-state index contributed by atoms with van der Waals surface area (Å²) < 4.78 is 5.46. The fourth-order valence-corrected chi connectivity index (χ4v) is 1.34. The molecule has 1 N–H and O–H groups in total. The molecule has 0 fully saturated rings. The molecule has 1 atom stereocenters. The smallest absolute Gasteiger partial charge is 0.335 e. The molecule has 0 bridgehead atoms. The molecule has 0 saturated heterocycles. The second kappa shape index (κ2) is 5.35. The van der Waals surface area contributed by atoms with E-state index in [0.29, 0.717) is 24.9 Å². The topological polar surface area (TPSA) is 46.5 Å². The number of carboxylic acid groups (broad SMARTS) is 1. The molecule has 0 aromatic heterocycles. The van der Waals surface area contributed by atoms with Crippen molar-refractivity contribution in [2.45, 2.75) is 46.6 Å². The van der Waals surface area contributed by atoms with E-state index in [1.807, 2.05) is 27.7 Å². The van der Waals surface area contributed by atoms with E-state index in [4.69, 9.17) is 9.84 Å². The lowest BCUT2D eigenvalue weighted by molar-refractivity contribution is -0.167.